The highest BCUT2D eigenvalue weighted by Crippen LogP contribution is 2.21. The van der Waals surface area contributed by atoms with Gasteiger partial charge in [0.05, 0.1) is 5.60 Å². The number of amides is 1. The third-order valence-electron chi connectivity index (χ3n) is 3.35. The topological polar surface area (TPSA) is 49.8 Å². The molecule has 0 aliphatic carbocycles. The van der Waals surface area contributed by atoms with Crippen molar-refractivity contribution in [3.05, 3.63) is 28.7 Å². The normalized spacial score (nSPS) is 18.2. The lowest BCUT2D eigenvalue weighted by Gasteiger charge is -2.35. The number of benzene rings is 1. The van der Waals surface area contributed by atoms with E-state index in [1.54, 1.807) is 4.90 Å². The maximum atomic E-state index is 12.0. The highest BCUT2D eigenvalue weighted by Gasteiger charge is 2.29. The second kappa shape index (κ2) is 5.92. The van der Waals surface area contributed by atoms with Gasteiger partial charge in [0.25, 0.3) is 5.91 Å². The van der Waals surface area contributed by atoms with Gasteiger partial charge in [0.15, 0.2) is 6.61 Å². The number of likely N-dealkylation sites (tertiary alicyclic amines) is 1. The van der Waals surface area contributed by atoms with E-state index in [9.17, 15) is 9.90 Å². The molecule has 1 N–H and O–H groups in total. The number of carbonyl (C=O) groups is 1. The summed E-state index contributed by atoms with van der Waals surface area (Å²) in [5.74, 6) is 0.641. The second-order valence-electron chi connectivity index (χ2n) is 5.12. The predicted octanol–water partition coefficient (Wildman–Crippen LogP) is 2.20. The molecule has 0 radical (unpaired) electrons. The molecule has 1 saturated heterocycles. The average Bonchev–Trinajstić information content (AvgIpc) is 2.36. The maximum absolute atomic E-state index is 12.0. The van der Waals surface area contributed by atoms with Crippen LogP contribution in [0.15, 0.2) is 28.7 Å². The first-order valence-electron chi connectivity index (χ1n) is 6.35. The number of rotatable bonds is 3. The Balaban J connectivity index is 1.82. The van der Waals surface area contributed by atoms with Crippen molar-refractivity contribution in [2.45, 2.75) is 25.4 Å². The van der Waals surface area contributed by atoms with Crippen molar-refractivity contribution in [2.24, 2.45) is 0 Å². The molecule has 1 aliphatic heterocycles. The van der Waals surface area contributed by atoms with E-state index in [-0.39, 0.29) is 12.5 Å². The smallest absolute Gasteiger partial charge is 0.260 e. The van der Waals surface area contributed by atoms with E-state index < -0.39 is 5.60 Å². The van der Waals surface area contributed by atoms with E-state index >= 15 is 0 Å². The fourth-order valence-corrected chi connectivity index (χ4v) is 2.41. The molecular weight excluding hydrogens is 310 g/mol. The molecule has 1 amide bonds. The molecule has 2 rings (SSSR count). The molecule has 0 bridgehead atoms. The number of aliphatic hydroxyl groups is 1. The molecular formula is C14H18BrNO3. The van der Waals surface area contributed by atoms with Crippen molar-refractivity contribution < 1.29 is 14.6 Å². The van der Waals surface area contributed by atoms with Crippen LogP contribution in [0.2, 0.25) is 0 Å². The van der Waals surface area contributed by atoms with E-state index in [0.29, 0.717) is 31.7 Å². The average molecular weight is 328 g/mol. The lowest BCUT2D eigenvalue weighted by molar-refractivity contribution is -0.137. The van der Waals surface area contributed by atoms with Crippen molar-refractivity contribution in [3.63, 3.8) is 0 Å². The fraction of sp³-hybridized carbons (Fsp3) is 0.500. The summed E-state index contributed by atoms with van der Waals surface area (Å²) >= 11 is 3.36. The second-order valence-corrected chi connectivity index (χ2v) is 6.04. The molecule has 1 aliphatic rings. The minimum absolute atomic E-state index is 0.0320. The number of nitrogens with zero attached hydrogens (tertiary/aromatic N) is 1. The van der Waals surface area contributed by atoms with Crippen LogP contribution in [0.3, 0.4) is 0 Å². The van der Waals surface area contributed by atoms with Gasteiger partial charge in [-0.25, -0.2) is 0 Å². The third-order valence-corrected chi connectivity index (χ3v) is 3.84. The maximum Gasteiger partial charge on any atom is 0.260 e. The number of piperidine rings is 1. The molecule has 0 saturated carbocycles. The van der Waals surface area contributed by atoms with Gasteiger partial charge in [-0.1, -0.05) is 22.0 Å². The summed E-state index contributed by atoms with van der Waals surface area (Å²) in [6.45, 7) is 3.03. The van der Waals surface area contributed by atoms with Crippen LogP contribution in [0.1, 0.15) is 19.8 Å². The zero-order valence-electron chi connectivity index (χ0n) is 10.9. The Morgan fingerprint density at radius 3 is 2.79 bits per heavy atom. The van der Waals surface area contributed by atoms with Gasteiger partial charge >= 0.3 is 0 Å². The van der Waals surface area contributed by atoms with E-state index in [0.717, 1.165) is 4.47 Å². The summed E-state index contributed by atoms with van der Waals surface area (Å²) in [7, 11) is 0. The van der Waals surface area contributed by atoms with Crippen molar-refractivity contribution in [3.8, 4) is 5.75 Å². The fourth-order valence-electron chi connectivity index (χ4n) is 2.03. The quantitative estimate of drug-likeness (QED) is 0.925. The minimum atomic E-state index is -0.637. The summed E-state index contributed by atoms with van der Waals surface area (Å²) < 4.78 is 6.39. The lowest BCUT2D eigenvalue weighted by Crippen LogP contribution is -2.46. The van der Waals surface area contributed by atoms with Crippen LogP contribution in [0, 0.1) is 0 Å². The molecule has 1 heterocycles. The van der Waals surface area contributed by atoms with Crippen LogP contribution < -0.4 is 4.74 Å². The Labute approximate surface area is 121 Å². The number of ether oxygens (including phenoxy) is 1. The summed E-state index contributed by atoms with van der Waals surface area (Å²) in [6, 6.07) is 7.41. The highest BCUT2D eigenvalue weighted by atomic mass is 79.9. The third kappa shape index (κ3) is 4.21. The number of hydrogen-bond donors (Lipinski definition) is 1. The Kier molecular flexibility index (Phi) is 4.47. The zero-order chi connectivity index (χ0) is 13.9. The van der Waals surface area contributed by atoms with E-state index in [2.05, 4.69) is 15.9 Å². The van der Waals surface area contributed by atoms with Crippen LogP contribution in [0.25, 0.3) is 0 Å². The molecule has 0 atom stereocenters. The first-order valence-corrected chi connectivity index (χ1v) is 7.14. The Bertz CT molecular complexity index is 452. The van der Waals surface area contributed by atoms with E-state index in [1.165, 1.54) is 0 Å². The monoisotopic (exact) mass is 327 g/mol. The Hall–Kier alpha value is -1.07. The molecule has 1 aromatic carbocycles. The first kappa shape index (κ1) is 14.3. The molecule has 104 valence electrons. The summed E-state index contributed by atoms with van der Waals surface area (Å²) in [4.78, 5) is 13.7. The number of carbonyl (C=O) groups excluding carboxylic acids is 1. The van der Waals surface area contributed by atoms with Crippen molar-refractivity contribution in [2.75, 3.05) is 19.7 Å². The lowest BCUT2D eigenvalue weighted by atomic mass is 9.94. The van der Waals surface area contributed by atoms with Gasteiger partial charge in [-0.2, -0.15) is 0 Å². The Morgan fingerprint density at radius 1 is 1.47 bits per heavy atom. The van der Waals surface area contributed by atoms with Crippen molar-refractivity contribution in [1.29, 1.82) is 0 Å². The van der Waals surface area contributed by atoms with Gasteiger partial charge in [0.2, 0.25) is 0 Å². The van der Waals surface area contributed by atoms with Gasteiger partial charge < -0.3 is 14.7 Å². The van der Waals surface area contributed by atoms with Crippen molar-refractivity contribution in [1.82, 2.24) is 4.90 Å². The SMILES string of the molecule is CC1(O)CCN(C(=O)COc2cccc(Br)c2)CC1. The van der Waals surface area contributed by atoms with Crippen LogP contribution in [0.5, 0.6) is 5.75 Å². The molecule has 5 heteroatoms. The van der Waals surface area contributed by atoms with Gasteiger partial charge in [-0.05, 0) is 38.0 Å². The minimum Gasteiger partial charge on any atom is -0.484 e. The van der Waals surface area contributed by atoms with Crippen molar-refractivity contribution >= 4 is 21.8 Å². The van der Waals surface area contributed by atoms with Crippen LogP contribution in [-0.4, -0.2) is 41.2 Å². The molecule has 1 aromatic rings. The van der Waals surface area contributed by atoms with Gasteiger partial charge in [-0.15, -0.1) is 0 Å². The van der Waals surface area contributed by atoms with Gasteiger partial charge in [0, 0.05) is 17.6 Å². The molecule has 0 unspecified atom stereocenters. The van der Waals surface area contributed by atoms with E-state index in [1.807, 2.05) is 31.2 Å². The van der Waals surface area contributed by atoms with Gasteiger partial charge in [-0.3, -0.25) is 4.79 Å². The molecule has 0 spiro atoms. The summed E-state index contributed by atoms with van der Waals surface area (Å²) in [6.07, 6.45) is 1.24. The van der Waals surface area contributed by atoms with Crippen LogP contribution >= 0.6 is 15.9 Å². The highest BCUT2D eigenvalue weighted by molar-refractivity contribution is 9.10. The predicted molar refractivity (Wildman–Crippen MR) is 76.1 cm³/mol. The van der Waals surface area contributed by atoms with Crippen LogP contribution in [0.4, 0.5) is 0 Å². The standard InChI is InChI=1S/C14H18BrNO3/c1-14(18)5-7-16(8-6-14)13(17)10-19-12-4-2-3-11(15)9-12/h2-4,9,18H,5-8,10H2,1H3. The summed E-state index contributed by atoms with van der Waals surface area (Å²) in [5, 5.41) is 9.84. The van der Waals surface area contributed by atoms with Crippen LogP contribution in [-0.2, 0) is 4.79 Å². The molecule has 4 nitrogen and oxygen atoms in total. The van der Waals surface area contributed by atoms with E-state index in [4.69, 9.17) is 4.74 Å². The molecule has 0 aromatic heterocycles. The first-order chi connectivity index (χ1) is 8.96. The Morgan fingerprint density at radius 2 is 2.16 bits per heavy atom. The largest absolute Gasteiger partial charge is 0.484 e. The van der Waals surface area contributed by atoms with Gasteiger partial charge in [0.1, 0.15) is 5.75 Å². The summed E-state index contributed by atoms with van der Waals surface area (Å²) in [5.41, 5.74) is -0.637. The molecule has 19 heavy (non-hydrogen) atoms. The number of hydrogen-bond acceptors (Lipinski definition) is 3. The zero-order valence-corrected chi connectivity index (χ0v) is 12.5. The number of halogens is 1. The molecule has 1 fully saturated rings.